The van der Waals surface area contributed by atoms with Crippen LogP contribution in [-0.2, 0) is 13.8 Å². The van der Waals surface area contributed by atoms with E-state index < -0.39 is 58.3 Å². The molecule has 26 heavy (non-hydrogen) atoms. The van der Waals surface area contributed by atoms with Crippen molar-refractivity contribution >= 4 is 43.9 Å². The molecule has 16 heteroatoms. The Morgan fingerprint density at radius 2 is 2.00 bits per heavy atom. The quantitative estimate of drug-likeness (QED) is 0.157. The number of halogens is 1. The fourth-order valence-corrected chi connectivity index (χ4v) is 5.26. The van der Waals surface area contributed by atoms with Crippen molar-refractivity contribution in [2.75, 3.05) is 18.2 Å². The topological polar surface area (TPSA) is 218 Å². The Morgan fingerprint density at radius 3 is 2.58 bits per heavy atom. The number of nitrogens with zero attached hydrogens (tertiary/aromatic N) is 2. The Bertz CT molecular complexity index is 770. The highest BCUT2D eigenvalue weighted by atomic mass is 127. The molecule has 0 amide bonds. The van der Waals surface area contributed by atoms with Gasteiger partial charge in [-0.2, -0.15) is 19.3 Å². The number of hydrogen-bond acceptors (Lipinski definition) is 10. The zero-order valence-electron chi connectivity index (χ0n) is 12.9. The highest BCUT2D eigenvalue weighted by molar-refractivity contribution is 14.1. The molecule has 2 rings (SSSR count). The van der Waals surface area contributed by atoms with Gasteiger partial charge in [-0.05, 0) is 22.6 Å². The van der Waals surface area contributed by atoms with Crippen LogP contribution in [0, 0.1) is 3.57 Å². The molecule has 2 heterocycles. The first-order chi connectivity index (χ1) is 11.8. The van der Waals surface area contributed by atoms with E-state index in [4.69, 9.17) is 20.3 Å². The van der Waals surface area contributed by atoms with E-state index in [1.165, 1.54) is 6.20 Å². The van der Waals surface area contributed by atoms with E-state index in [9.17, 15) is 29.4 Å². The fourth-order valence-electron chi connectivity index (χ4n) is 2.21. The van der Waals surface area contributed by atoms with Gasteiger partial charge in [0.2, 0.25) is 5.90 Å². The maximum atomic E-state index is 11.9. The van der Waals surface area contributed by atoms with E-state index >= 15 is 0 Å². The molecular formula is C10H17IN3O10P2+. The summed E-state index contributed by atoms with van der Waals surface area (Å²) < 4.78 is 22.1. The molecule has 8 N–H and O–H groups in total. The number of nitrogen functional groups attached to an aromatic ring is 1. The fraction of sp³-hybridized carbons (Fsp3) is 0.600. The van der Waals surface area contributed by atoms with E-state index in [2.05, 4.69) is 9.51 Å². The lowest BCUT2D eigenvalue weighted by molar-refractivity contribution is -0.0535. The van der Waals surface area contributed by atoms with Gasteiger partial charge in [-0.3, -0.25) is 9.13 Å². The molecule has 13 nitrogen and oxygen atoms in total. The van der Waals surface area contributed by atoms with Gasteiger partial charge in [0.15, 0.2) is 6.23 Å². The lowest BCUT2D eigenvalue weighted by Crippen LogP contribution is -2.36. The predicted octanol–water partition coefficient (Wildman–Crippen LogP) is -2.05. The number of aliphatic hydroxyl groups excluding tert-OH is 2. The first kappa shape index (κ1) is 22.0. The molecular weight excluding hydrogens is 511 g/mol. The number of aromatic nitrogens is 2. The average Bonchev–Trinajstić information content (AvgIpc) is 2.75. The second kappa shape index (κ2) is 8.01. The van der Waals surface area contributed by atoms with Gasteiger partial charge in [0.1, 0.15) is 30.7 Å². The second-order valence-corrected chi connectivity index (χ2v) is 10.7. The molecule has 148 valence electrons. The maximum absolute atomic E-state index is 11.9. The third-order valence-electron chi connectivity index (χ3n) is 3.36. The summed E-state index contributed by atoms with van der Waals surface area (Å²) in [5.74, 6) is -1.32. The minimum absolute atomic E-state index is 0.0210. The van der Waals surface area contributed by atoms with Gasteiger partial charge in [0.25, 0.3) is 0 Å². The lowest BCUT2D eigenvalue weighted by Gasteiger charge is -2.18. The molecule has 0 aromatic carbocycles. The molecule has 1 fully saturated rings. The van der Waals surface area contributed by atoms with Crippen LogP contribution < -0.4 is 11.4 Å². The molecule has 0 bridgehead atoms. The van der Waals surface area contributed by atoms with Gasteiger partial charge in [0, 0.05) is 6.20 Å². The number of nitrogens with two attached hydrogens (primary N) is 1. The van der Waals surface area contributed by atoms with Crippen LogP contribution in [0.2, 0.25) is 0 Å². The molecule has 1 aliphatic rings. The monoisotopic (exact) mass is 528 g/mol. The molecule has 0 saturated carbocycles. The number of hydrogen-bond donors (Lipinski definition) is 7. The molecule has 1 saturated heterocycles. The highest BCUT2D eigenvalue weighted by Crippen LogP contribution is 2.61. The lowest BCUT2D eigenvalue weighted by atomic mass is 10.1. The van der Waals surface area contributed by atoms with Crippen molar-refractivity contribution in [3.8, 4) is 0 Å². The van der Waals surface area contributed by atoms with E-state index in [1.807, 2.05) is 0 Å². The van der Waals surface area contributed by atoms with Gasteiger partial charge in [-0.15, -0.1) is 0 Å². The molecule has 0 aliphatic carbocycles. The van der Waals surface area contributed by atoms with Crippen molar-refractivity contribution in [2.24, 2.45) is 0 Å². The first-order valence-corrected chi connectivity index (χ1v) is 11.6. The Kier molecular flexibility index (Phi) is 6.79. The van der Waals surface area contributed by atoms with Gasteiger partial charge >= 0.3 is 21.2 Å². The van der Waals surface area contributed by atoms with Crippen LogP contribution in [0.5, 0.6) is 0 Å². The van der Waals surface area contributed by atoms with E-state index in [0.29, 0.717) is 3.57 Å². The van der Waals surface area contributed by atoms with Crippen molar-refractivity contribution in [1.29, 1.82) is 0 Å². The van der Waals surface area contributed by atoms with Crippen LogP contribution >= 0.6 is 38.1 Å². The van der Waals surface area contributed by atoms with Crippen molar-refractivity contribution in [3.63, 3.8) is 0 Å². The number of aliphatic hydroxyl groups is 2. The van der Waals surface area contributed by atoms with Gasteiger partial charge in [0.05, 0.1) is 3.57 Å². The largest absolute Gasteiger partial charge is 0.419 e. The van der Waals surface area contributed by atoms with Crippen LogP contribution in [0.4, 0.5) is 5.82 Å². The van der Waals surface area contributed by atoms with E-state index in [1.54, 1.807) is 22.6 Å². The number of anilines is 1. The summed E-state index contributed by atoms with van der Waals surface area (Å²) in [6.07, 6.45) is -4.53. The molecule has 1 aromatic heterocycles. The summed E-state index contributed by atoms with van der Waals surface area (Å²) in [6.45, 7) is -0.691. The molecule has 1 aliphatic heterocycles. The zero-order valence-corrected chi connectivity index (χ0v) is 16.8. The Balaban J connectivity index is 2.12. The summed E-state index contributed by atoms with van der Waals surface area (Å²) in [5, 5.41) is 20.1. The van der Waals surface area contributed by atoms with Crippen LogP contribution in [0.25, 0.3) is 0 Å². The SMILES string of the molecule is Nc1nc(=O)n([C@@H]2O[C@H](CO[P+](O)(O)CP(=O)(O)O)C(O)C2O)cc1I. The molecule has 0 spiro atoms. The maximum Gasteiger partial charge on any atom is 0.419 e. The van der Waals surface area contributed by atoms with E-state index in [0.717, 1.165) is 4.57 Å². The molecule has 2 unspecified atom stereocenters. The Labute approximate surface area is 160 Å². The van der Waals surface area contributed by atoms with Gasteiger partial charge in [-0.25, -0.2) is 4.79 Å². The smallest absolute Gasteiger partial charge is 0.387 e. The van der Waals surface area contributed by atoms with Crippen LogP contribution in [0.15, 0.2) is 11.0 Å². The van der Waals surface area contributed by atoms with Crippen LogP contribution in [-0.4, -0.2) is 70.2 Å². The Morgan fingerprint density at radius 1 is 1.38 bits per heavy atom. The van der Waals surface area contributed by atoms with Crippen molar-refractivity contribution in [1.82, 2.24) is 9.55 Å². The average molecular weight is 528 g/mol. The summed E-state index contributed by atoms with van der Waals surface area (Å²) in [7, 11) is -9.16. The molecule has 0 radical (unpaired) electrons. The minimum atomic E-state index is -4.75. The summed E-state index contributed by atoms with van der Waals surface area (Å²) in [5.41, 5.74) is 4.66. The van der Waals surface area contributed by atoms with Crippen LogP contribution in [0.3, 0.4) is 0 Å². The Hall–Kier alpha value is -0.250. The third-order valence-corrected chi connectivity index (χ3v) is 7.70. The summed E-state index contributed by atoms with van der Waals surface area (Å²) in [6, 6.07) is 0. The highest BCUT2D eigenvalue weighted by Gasteiger charge is 2.49. The van der Waals surface area contributed by atoms with Crippen LogP contribution in [0.1, 0.15) is 6.23 Å². The zero-order chi connectivity index (χ0) is 19.9. The second-order valence-electron chi connectivity index (χ2n) is 5.48. The van der Waals surface area contributed by atoms with Gasteiger partial charge < -0.3 is 30.5 Å². The summed E-state index contributed by atoms with van der Waals surface area (Å²) in [4.78, 5) is 52.1. The number of ether oxygens (including phenoxy) is 1. The minimum Gasteiger partial charge on any atom is -0.387 e. The molecule has 4 atom stereocenters. The standard InChI is InChI=1S/C10H16IN3O10P2/c11-4-1-14(10(17)13-8(4)12)9-7(16)6(15)5(24-9)2-23-26(21,22)3-25(18,19)20/h1,5-7,9,15-16,21-22H,2-3H2,(H3-,12,13,17,18,19,20)/p+1/t5-,6?,7?,9-/m1/s1. The van der Waals surface area contributed by atoms with Crippen molar-refractivity contribution in [3.05, 3.63) is 20.3 Å². The predicted molar refractivity (Wildman–Crippen MR) is 95.8 cm³/mol. The van der Waals surface area contributed by atoms with Crippen molar-refractivity contribution in [2.45, 2.75) is 24.5 Å². The normalized spacial score (nSPS) is 27.0. The van der Waals surface area contributed by atoms with Gasteiger partial charge in [-0.1, -0.05) is 0 Å². The third kappa shape index (κ3) is 5.39. The molecule has 1 aromatic rings. The summed E-state index contributed by atoms with van der Waals surface area (Å²) >= 11 is 1.80. The van der Waals surface area contributed by atoms with Crippen molar-refractivity contribution < 1.29 is 43.6 Å². The number of rotatable bonds is 6. The van der Waals surface area contributed by atoms with E-state index in [-0.39, 0.29) is 5.82 Å². The first-order valence-electron chi connectivity index (χ1n) is 6.89.